The van der Waals surface area contributed by atoms with Crippen LogP contribution in [-0.2, 0) is 37.6 Å². The van der Waals surface area contributed by atoms with Crippen molar-refractivity contribution in [3.8, 4) is 11.4 Å². The average molecular weight is 834 g/mol. The van der Waals surface area contributed by atoms with Gasteiger partial charge in [-0.15, -0.1) is 5.25 Å². The van der Waals surface area contributed by atoms with Crippen molar-refractivity contribution in [1.29, 1.82) is 0 Å². The zero-order valence-electron chi connectivity index (χ0n) is 39.0. The summed E-state index contributed by atoms with van der Waals surface area (Å²) in [5.41, 5.74) is 10.0. The van der Waals surface area contributed by atoms with Crippen molar-refractivity contribution in [2.24, 2.45) is 35.3 Å². The highest BCUT2D eigenvalue weighted by atomic mass is 31.0. The van der Waals surface area contributed by atoms with Gasteiger partial charge in [0, 0.05) is 29.8 Å². The van der Waals surface area contributed by atoms with Crippen molar-refractivity contribution in [1.82, 2.24) is 20.5 Å². The third kappa shape index (κ3) is 19.1. The normalized spacial score (nSPS) is 16.4. The SMILES string of the molecule is CCC(C)C(C)C(C)(c1cc(CC(=O)O)c(-c2cc(CNC(=O)CC3CCCC3)c(C)[nH]2)[nH]1)C(C)CC.CCCC.CCCC.CN.O=C(CC1CCCC1)ONP. The van der Waals surface area contributed by atoms with Crippen LogP contribution in [0.15, 0.2) is 12.1 Å². The Bertz CT molecular complexity index is 1390. The summed E-state index contributed by atoms with van der Waals surface area (Å²) in [7, 11) is 3.64. The van der Waals surface area contributed by atoms with Gasteiger partial charge in [-0.3, -0.25) is 14.4 Å². The summed E-state index contributed by atoms with van der Waals surface area (Å²) >= 11 is 0. The molecular formula is C47H88N5O5P. The number of carbonyl (C=O) groups excluding carboxylic acids is 2. The van der Waals surface area contributed by atoms with Crippen molar-refractivity contribution in [2.75, 3.05) is 7.05 Å². The molecule has 0 aromatic carbocycles. The fourth-order valence-corrected chi connectivity index (χ4v) is 8.01. The topological polar surface area (TPSA) is 162 Å². The molecule has 10 nitrogen and oxygen atoms in total. The highest BCUT2D eigenvalue weighted by molar-refractivity contribution is 7.13. The van der Waals surface area contributed by atoms with Crippen LogP contribution < -0.4 is 16.3 Å². The van der Waals surface area contributed by atoms with Gasteiger partial charge in [0.2, 0.25) is 5.91 Å². The van der Waals surface area contributed by atoms with Crippen LogP contribution in [0.25, 0.3) is 11.4 Å². The van der Waals surface area contributed by atoms with Crippen LogP contribution in [0.4, 0.5) is 0 Å². The Morgan fingerprint density at radius 3 is 1.81 bits per heavy atom. The number of rotatable bonds is 18. The number of amides is 1. The third-order valence-corrected chi connectivity index (χ3v) is 12.9. The van der Waals surface area contributed by atoms with Crippen LogP contribution >= 0.6 is 9.39 Å². The van der Waals surface area contributed by atoms with Crippen LogP contribution in [0, 0.1) is 36.5 Å². The molecule has 0 saturated heterocycles. The Labute approximate surface area is 356 Å². The van der Waals surface area contributed by atoms with Crippen molar-refractivity contribution in [3.05, 3.63) is 34.6 Å². The van der Waals surface area contributed by atoms with E-state index in [-0.39, 0.29) is 23.7 Å². The van der Waals surface area contributed by atoms with E-state index in [2.05, 4.69) is 122 Å². The maximum Gasteiger partial charge on any atom is 0.325 e. The smallest absolute Gasteiger partial charge is 0.325 e. The Balaban J connectivity index is 0.00000127. The molecule has 2 aliphatic rings. The molecule has 11 heteroatoms. The lowest BCUT2D eigenvalue weighted by Crippen LogP contribution is -2.40. The number of hydrogen-bond donors (Lipinski definition) is 6. The number of aromatic nitrogens is 2. The molecule has 5 unspecified atom stereocenters. The van der Waals surface area contributed by atoms with Gasteiger partial charge in [0.25, 0.3) is 0 Å². The van der Waals surface area contributed by atoms with Gasteiger partial charge < -0.3 is 31.0 Å². The molecule has 0 aliphatic heterocycles. The summed E-state index contributed by atoms with van der Waals surface area (Å²) in [6.07, 6.45) is 18.3. The summed E-state index contributed by atoms with van der Waals surface area (Å²) in [6, 6.07) is 4.15. The number of nitrogens with two attached hydrogens (primary N) is 1. The number of nitrogens with one attached hydrogen (secondary N) is 4. The molecule has 2 fully saturated rings. The quantitative estimate of drug-likeness (QED) is 0.0643. The number of aromatic amines is 2. The predicted octanol–water partition coefficient (Wildman–Crippen LogP) is 11.7. The lowest BCUT2D eigenvalue weighted by molar-refractivity contribution is -0.147. The van der Waals surface area contributed by atoms with Crippen LogP contribution in [0.2, 0.25) is 0 Å². The maximum absolute atomic E-state index is 12.5. The molecule has 0 bridgehead atoms. The van der Waals surface area contributed by atoms with Crippen molar-refractivity contribution < 1.29 is 24.3 Å². The van der Waals surface area contributed by atoms with E-state index in [1.807, 2.05) is 6.92 Å². The monoisotopic (exact) mass is 834 g/mol. The lowest BCUT2D eigenvalue weighted by atomic mass is 9.62. The van der Waals surface area contributed by atoms with E-state index in [0.29, 0.717) is 49.0 Å². The summed E-state index contributed by atoms with van der Waals surface area (Å²) < 4.78 is 0. The molecule has 2 aromatic rings. The number of carbonyl (C=O) groups is 3. The molecule has 1 amide bonds. The molecule has 0 radical (unpaired) electrons. The number of H-pyrrole nitrogens is 2. The number of carboxylic acid groups (broad SMARTS) is 1. The predicted molar refractivity (Wildman–Crippen MR) is 247 cm³/mol. The van der Waals surface area contributed by atoms with Gasteiger partial charge in [-0.05, 0) is 102 Å². The molecule has 2 aliphatic carbocycles. The second kappa shape index (κ2) is 31.2. The van der Waals surface area contributed by atoms with E-state index in [1.165, 1.54) is 71.3 Å². The largest absolute Gasteiger partial charge is 0.481 e. The van der Waals surface area contributed by atoms with Crippen LogP contribution in [0.1, 0.15) is 194 Å². The van der Waals surface area contributed by atoms with Crippen molar-refractivity contribution in [2.45, 2.75) is 197 Å². The van der Waals surface area contributed by atoms with Gasteiger partial charge in [-0.2, -0.15) is 0 Å². The molecule has 58 heavy (non-hydrogen) atoms. The number of hydrogen-bond acceptors (Lipinski definition) is 6. The first-order valence-corrected chi connectivity index (χ1v) is 23.4. The number of aliphatic carboxylic acids is 1. The molecule has 336 valence electrons. The highest BCUT2D eigenvalue weighted by Crippen LogP contribution is 2.45. The van der Waals surface area contributed by atoms with Crippen LogP contribution in [0.5, 0.6) is 0 Å². The minimum absolute atomic E-state index is 0.0361. The van der Waals surface area contributed by atoms with Gasteiger partial charge in [0.05, 0.1) is 24.2 Å². The molecule has 4 rings (SSSR count). The zero-order valence-corrected chi connectivity index (χ0v) is 40.2. The number of carboxylic acids is 1. The number of unbranched alkanes of at least 4 members (excludes halogenated alkanes) is 2. The van der Waals surface area contributed by atoms with Gasteiger partial charge in [0.15, 0.2) is 0 Å². The van der Waals surface area contributed by atoms with Crippen molar-refractivity contribution in [3.63, 3.8) is 0 Å². The minimum Gasteiger partial charge on any atom is -0.481 e. The molecule has 5 atom stereocenters. The second-order valence-corrected chi connectivity index (χ2v) is 17.1. The second-order valence-electron chi connectivity index (χ2n) is 16.8. The van der Waals surface area contributed by atoms with Crippen LogP contribution in [0.3, 0.4) is 0 Å². The molecular weight excluding hydrogens is 746 g/mol. The first-order chi connectivity index (χ1) is 27.7. The summed E-state index contributed by atoms with van der Waals surface area (Å²) in [5, 5.41) is 15.1. The Morgan fingerprint density at radius 1 is 0.845 bits per heavy atom. The van der Waals surface area contributed by atoms with Gasteiger partial charge in [0.1, 0.15) is 0 Å². The number of aryl methyl sites for hydroxylation is 1. The first kappa shape index (κ1) is 55.3. The van der Waals surface area contributed by atoms with Gasteiger partial charge in [-0.1, -0.05) is 133 Å². The Hall–Kier alpha value is -2.68. The fourth-order valence-electron chi connectivity index (χ4n) is 7.88. The van der Waals surface area contributed by atoms with E-state index < -0.39 is 5.97 Å². The zero-order chi connectivity index (χ0) is 44.3. The first-order valence-electron chi connectivity index (χ1n) is 22.8. The molecule has 2 saturated carbocycles. The Kier molecular flexibility index (Phi) is 29.8. The fraction of sp³-hybridized carbons (Fsp3) is 0.766. The van der Waals surface area contributed by atoms with Crippen molar-refractivity contribution >= 4 is 27.2 Å². The van der Waals surface area contributed by atoms with Gasteiger partial charge in [-0.25, -0.2) is 0 Å². The summed E-state index contributed by atoms with van der Waals surface area (Å²) in [4.78, 5) is 46.9. The van der Waals surface area contributed by atoms with E-state index in [9.17, 15) is 19.5 Å². The standard InChI is InChI=1S/C31H49N3O3.C7H14NO2P.2C4H10.CH5N/c1-8-19(3)21(5)31(7,20(4)9-2)27-16-24(17-29(36)37)30(34-27)26-15-25(22(6)33-26)18-32-28(35)14-23-12-10-11-13-23;9-7(10-8-11)5-6-3-1-2-4-6;2*1-3-4-2;1-2/h15-16,19-21,23,33-34H,8-14,17-18H2,1-7H3,(H,32,35)(H,36,37);6,8H,1-5,11H2;2*3-4H2,1-2H3;2H2,1H3. The Morgan fingerprint density at radius 2 is 1.36 bits per heavy atom. The van der Waals surface area contributed by atoms with E-state index in [4.69, 9.17) is 0 Å². The molecule has 7 N–H and O–H groups in total. The lowest BCUT2D eigenvalue weighted by Gasteiger charge is -2.43. The van der Waals surface area contributed by atoms with E-state index >= 15 is 0 Å². The summed E-state index contributed by atoms with van der Waals surface area (Å²) in [6.45, 7) is 25.0. The average Bonchev–Trinajstić information content (AvgIpc) is 4.06. The molecule has 2 heterocycles. The van der Waals surface area contributed by atoms with E-state index in [0.717, 1.165) is 59.6 Å². The minimum atomic E-state index is -0.838. The highest BCUT2D eigenvalue weighted by Gasteiger charge is 2.41. The summed E-state index contributed by atoms with van der Waals surface area (Å²) in [5.74, 6) is 1.62. The molecule has 2 aromatic heterocycles. The van der Waals surface area contributed by atoms with Crippen LogP contribution in [-0.4, -0.2) is 40.0 Å². The van der Waals surface area contributed by atoms with Gasteiger partial charge >= 0.3 is 11.9 Å². The maximum atomic E-state index is 12.5. The molecule has 0 spiro atoms. The van der Waals surface area contributed by atoms with E-state index in [1.54, 1.807) is 0 Å². The third-order valence-electron chi connectivity index (χ3n) is 12.8.